The largest absolute Gasteiger partial charge is 0.310 e. The Balaban J connectivity index is 0.983. The van der Waals surface area contributed by atoms with Crippen molar-refractivity contribution in [1.82, 2.24) is 0 Å². The molecule has 0 amide bonds. The van der Waals surface area contributed by atoms with E-state index in [9.17, 15) is 0 Å². The second-order valence-corrected chi connectivity index (χ2v) is 18.6. The molecule has 0 saturated carbocycles. The predicted octanol–water partition coefficient (Wildman–Crippen LogP) is 17.2. The molecule has 0 radical (unpaired) electrons. The molecule has 1 aliphatic carbocycles. The van der Waals surface area contributed by atoms with Crippen LogP contribution in [0.1, 0.15) is 25.0 Å². The number of hydrogen-bond donors (Lipinski definition) is 0. The lowest BCUT2D eigenvalue weighted by molar-refractivity contribution is 0.660. The first-order valence-electron chi connectivity index (χ1n) is 20.7. The van der Waals surface area contributed by atoms with Gasteiger partial charge in [0.05, 0.1) is 0 Å². The van der Waals surface area contributed by atoms with Gasteiger partial charge >= 0.3 is 0 Å². The van der Waals surface area contributed by atoms with Crippen LogP contribution in [0.25, 0.3) is 84.9 Å². The van der Waals surface area contributed by atoms with Crippen LogP contribution >= 0.6 is 22.7 Å². The Morgan fingerprint density at radius 3 is 1.68 bits per heavy atom. The number of thiophene rings is 2. The SMILES string of the molecule is CC1(C)c2ccccc2-c2ccc(N(c3ccc(-c4ccc5sc6ccccc6c5c4)cc3)c3ccc(-c4ccc5c(sc6ccccc65)c4-c4ccccc4)cc3)cc21. The first-order chi connectivity index (χ1) is 29.5. The van der Waals surface area contributed by atoms with Crippen LogP contribution in [0.2, 0.25) is 0 Å². The molecule has 9 aromatic carbocycles. The molecule has 284 valence electrons. The van der Waals surface area contributed by atoms with E-state index in [1.165, 1.54) is 96.0 Å². The first-order valence-corrected chi connectivity index (χ1v) is 22.3. The summed E-state index contributed by atoms with van der Waals surface area (Å²) in [5.41, 5.74) is 16.1. The van der Waals surface area contributed by atoms with E-state index < -0.39 is 0 Å². The average Bonchev–Trinajstić information content (AvgIpc) is 3.94. The van der Waals surface area contributed by atoms with Crippen molar-refractivity contribution in [1.29, 1.82) is 0 Å². The Morgan fingerprint density at radius 1 is 0.350 bits per heavy atom. The van der Waals surface area contributed by atoms with Crippen LogP contribution in [0.15, 0.2) is 200 Å². The van der Waals surface area contributed by atoms with Crippen LogP contribution in [0.5, 0.6) is 0 Å². The zero-order valence-electron chi connectivity index (χ0n) is 33.3. The molecule has 0 bridgehead atoms. The standard InChI is InChI=1S/C57H39NS2/c1-57(2)50-17-9-6-14-44(50)45-30-29-42(35-51(45)57)58(40-25-20-36(21-26-40)39-24-33-54-49(34-39)47-16-8-10-18-52(47)59-54)41-27-22-37(23-28-41)43-31-32-48-46-15-7-11-19-53(46)60-56(48)55(43)38-12-4-3-5-13-38/h3-35H,1-2H3. The van der Waals surface area contributed by atoms with E-state index in [1.54, 1.807) is 0 Å². The maximum absolute atomic E-state index is 2.43. The lowest BCUT2D eigenvalue weighted by Crippen LogP contribution is -2.16. The Kier molecular flexibility index (Phi) is 8.00. The van der Waals surface area contributed by atoms with E-state index in [-0.39, 0.29) is 5.41 Å². The first kappa shape index (κ1) is 35.2. The smallest absolute Gasteiger partial charge is 0.0465 e. The topological polar surface area (TPSA) is 3.24 Å². The minimum absolute atomic E-state index is 0.106. The monoisotopic (exact) mass is 801 g/mol. The van der Waals surface area contributed by atoms with Crippen LogP contribution in [-0.2, 0) is 5.41 Å². The molecule has 0 fully saturated rings. The van der Waals surface area contributed by atoms with Crippen LogP contribution in [0.3, 0.4) is 0 Å². The third-order valence-electron chi connectivity index (χ3n) is 12.7. The van der Waals surface area contributed by atoms with E-state index >= 15 is 0 Å². The molecule has 2 heterocycles. The maximum atomic E-state index is 2.43. The van der Waals surface area contributed by atoms with Gasteiger partial charge < -0.3 is 4.90 Å². The van der Waals surface area contributed by atoms with Gasteiger partial charge in [-0.15, -0.1) is 22.7 Å². The summed E-state index contributed by atoms with van der Waals surface area (Å²) >= 11 is 3.76. The van der Waals surface area contributed by atoms with E-state index in [0.717, 1.165) is 17.1 Å². The second kappa shape index (κ2) is 13.6. The Bertz CT molecular complexity index is 3440. The Hall–Kier alpha value is -6.78. The number of hydrogen-bond acceptors (Lipinski definition) is 3. The summed E-state index contributed by atoms with van der Waals surface area (Å²) in [6.07, 6.45) is 0. The molecule has 3 heteroatoms. The highest BCUT2D eigenvalue weighted by Crippen LogP contribution is 2.51. The highest BCUT2D eigenvalue weighted by atomic mass is 32.1. The molecule has 0 unspecified atom stereocenters. The minimum atomic E-state index is -0.106. The van der Waals surface area contributed by atoms with Crippen molar-refractivity contribution in [2.45, 2.75) is 19.3 Å². The van der Waals surface area contributed by atoms with Crippen molar-refractivity contribution >= 4 is 80.1 Å². The molecule has 60 heavy (non-hydrogen) atoms. The van der Waals surface area contributed by atoms with Gasteiger partial charge in [-0.05, 0) is 111 Å². The van der Waals surface area contributed by atoms with E-state index in [2.05, 4.69) is 219 Å². The summed E-state index contributed by atoms with van der Waals surface area (Å²) in [7, 11) is 0. The lowest BCUT2D eigenvalue weighted by Gasteiger charge is -2.28. The highest BCUT2D eigenvalue weighted by Gasteiger charge is 2.35. The molecule has 1 aliphatic rings. The van der Waals surface area contributed by atoms with Crippen LogP contribution in [-0.4, -0.2) is 0 Å². The average molecular weight is 802 g/mol. The molecule has 0 saturated heterocycles. The fourth-order valence-electron chi connectivity index (χ4n) is 9.70. The number of nitrogens with zero attached hydrogens (tertiary/aromatic N) is 1. The summed E-state index contributed by atoms with van der Waals surface area (Å²) < 4.78 is 5.31. The van der Waals surface area contributed by atoms with Gasteiger partial charge in [0.15, 0.2) is 0 Å². The zero-order chi connectivity index (χ0) is 40.0. The van der Waals surface area contributed by atoms with Gasteiger partial charge in [-0.3, -0.25) is 0 Å². The molecule has 0 aliphatic heterocycles. The number of fused-ring (bicyclic) bond motifs is 9. The van der Waals surface area contributed by atoms with Crippen molar-refractivity contribution in [2.75, 3.05) is 4.90 Å². The summed E-state index contributed by atoms with van der Waals surface area (Å²) in [4.78, 5) is 2.43. The third-order valence-corrected chi connectivity index (χ3v) is 15.1. The molecule has 12 rings (SSSR count). The number of benzene rings is 9. The normalized spacial score (nSPS) is 13.0. The van der Waals surface area contributed by atoms with E-state index in [1.807, 2.05) is 22.7 Å². The maximum Gasteiger partial charge on any atom is 0.0465 e. The van der Waals surface area contributed by atoms with Crippen molar-refractivity contribution < 1.29 is 0 Å². The fraction of sp³-hybridized carbons (Fsp3) is 0.0526. The number of anilines is 3. The van der Waals surface area contributed by atoms with Crippen LogP contribution in [0, 0.1) is 0 Å². The molecule has 0 atom stereocenters. The van der Waals surface area contributed by atoms with Gasteiger partial charge in [-0.2, -0.15) is 0 Å². The van der Waals surface area contributed by atoms with Crippen molar-refractivity contribution in [3.63, 3.8) is 0 Å². The molecular weight excluding hydrogens is 763 g/mol. The van der Waals surface area contributed by atoms with Gasteiger partial charge in [0, 0.05) is 68.4 Å². The summed E-state index contributed by atoms with van der Waals surface area (Å²) in [5.74, 6) is 0. The summed E-state index contributed by atoms with van der Waals surface area (Å²) in [6, 6.07) is 74.3. The van der Waals surface area contributed by atoms with Gasteiger partial charge in [0.2, 0.25) is 0 Å². The second-order valence-electron chi connectivity index (χ2n) is 16.5. The van der Waals surface area contributed by atoms with E-state index in [0.29, 0.717) is 0 Å². The van der Waals surface area contributed by atoms with Crippen molar-refractivity contribution in [3.05, 3.63) is 211 Å². The Morgan fingerprint density at radius 2 is 0.917 bits per heavy atom. The third kappa shape index (κ3) is 5.50. The molecular formula is C57H39NS2. The predicted molar refractivity (Wildman–Crippen MR) is 261 cm³/mol. The zero-order valence-corrected chi connectivity index (χ0v) is 34.9. The molecule has 2 aromatic heterocycles. The van der Waals surface area contributed by atoms with Gasteiger partial charge in [-0.1, -0.05) is 153 Å². The molecule has 11 aromatic rings. The Labute approximate surface area is 358 Å². The van der Waals surface area contributed by atoms with Gasteiger partial charge in [-0.25, -0.2) is 0 Å². The lowest BCUT2D eigenvalue weighted by atomic mass is 9.82. The van der Waals surface area contributed by atoms with E-state index in [4.69, 9.17) is 0 Å². The minimum Gasteiger partial charge on any atom is -0.310 e. The fourth-order valence-corrected chi connectivity index (χ4v) is 12.1. The van der Waals surface area contributed by atoms with Crippen LogP contribution < -0.4 is 4.90 Å². The summed E-state index contributed by atoms with van der Waals surface area (Å²) in [5, 5.41) is 5.28. The number of rotatable bonds is 6. The van der Waals surface area contributed by atoms with Gasteiger partial charge in [0.25, 0.3) is 0 Å². The molecule has 0 spiro atoms. The molecule has 1 nitrogen and oxygen atoms in total. The molecule has 0 N–H and O–H groups in total. The van der Waals surface area contributed by atoms with Crippen molar-refractivity contribution in [3.8, 4) is 44.5 Å². The quantitative estimate of drug-likeness (QED) is 0.162. The summed E-state index contributed by atoms with van der Waals surface area (Å²) in [6.45, 7) is 4.72. The highest BCUT2D eigenvalue weighted by molar-refractivity contribution is 7.26. The van der Waals surface area contributed by atoms with Crippen molar-refractivity contribution in [2.24, 2.45) is 0 Å². The van der Waals surface area contributed by atoms with Gasteiger partial charge in [0.1, 0.15) is 0 Å². The van der Waals surface area contributed by atoms with Crippen LogP contribution in [0.4, 0.5) is 17.1 Å².